The number of imidazole rings is 1. The molecule has 0 saturated heterocycles. The molecule has 0 unspecified atom stereocenters. The van der Waals surface area contributed by atoms with Crippen molar-refractivity contribution in [2.24, 2.45) is 24.3 Å². The molecule has 0 bridgehead atoms. The summed E-state index contributed by atoms with van der Waals surface area (Å²) >= 11 is 0. The van der Waals surface area contributed by atoms with Crippen molar-refractivity contribution in [3.05, 3.63) is 12.0 Å². The highest BCUT2D eigenvalue weighted by Crippen LogP contribution is 2.51. The predicted octanol–water partition coefficient (Wildman–Crippen LogP) is 1.60. The zero-order chi connectivity index (χ0) is 18.4. The van der Waals surface area contributed by atoms with Crippen molar-refractivity contribution in [1.29, 1.82) is 0 Å². The minimum atomic E-state index is -4.02. The molecule has 1 aromatic heterocycles. The summed E-state index contributed by atoms with van der Waals surface area (Å²) in [6.45, 7) is 8.96. The molecule has 7 nitrogen and oxygen atoms in total. The molecule has 1 saturated carbocycles. The Morgan fingerprint density at radius 1 is 1.33 bits per heavy atom. The van der Waals surface area contributed by atoms with Gasteiger partial charge in [0, 0.05) is 31.0 Å². The van der Waals surface area contributed by atoms with Crippen LogP contribution in [-0.4, -0.2) is 29.7 Å². The molecule has 1 aliphatic carbocycles. The molecule has 24 heavy (non-hydrogen) atoms. The van der Waals surface area contributed by atoms with Crippen LogP contribution >= 0.6 is 0 Å². The number of rotatable bonds is 5. The second kappa shape index (κ2) is 5.98. The van der Waals surface area contributed by atoms with Gasteiger partial charge in [0.25, 0.3) is 10.0 Å². The fourth-order valence-corrected chi connectivity index (χ4v) is 4.46. The van der Waals surface area contributed by atoms with E-state index in [-0.39, 0.29) is 22.6 Å². The number of Topliss-reactive ketones (excluding diaryl/α,β-unsaturated/α-hetero) is 1. The van der Waals surface area contributed by atoms with Crippen LogP contribution in [0.3, 0.4) is 0 Å². The van der Waals surface area contributed by atoms with E-state index in [4.69, 9.17) is 0 Å². The van der Waals surface area contributed by atoms with Crippen molar-refractivity contribution in [1.82, 2.24) is 14.3 Å². The molecule has 0 spiro atoms. The van der Waals surface area contributed by atoms with Crippen LogP contribution in [0.5, 0.6) is 0 Å². The van der Waals surface area contributed by atoms with Gasteiger partial charge in [-0.2, -0.15) is 8.42 Å². The predicted molar refractivity (Wildman–Crippen MR) is 88.7 cm³/mol. The molecule has 1 aliphatic rings. The van der Waals surface area contributed by atoms with Gasteiger partial charge in [-0.1, -0.05) is 27.7 Å². The Bertz CT molecular complexity index is 777. The van der Waals surface area contributed by atoms with E-state index in [0.717, 1.165) is 0 Å². The topological polar surface area (TPSA) is 98.1 Å². The Morgan fingerprint density at radius 3 is 2.33 bits per heavy atom. The number of aryl methyl sites for hydroxylation is 1. The van der Waals surface area contributed by atoms with Gasteiger partial charge in [0.1, 0.15) is 11.6 Å². The minimum Gasteiger partial charge on any atom is -0.336 e. The van der Waals surface area contributed by atoms with Crippen molar-refractivity contribution >= 4 is 21.7 Å². The van der Waals surface area contributed by atoms with Gasteiger partial charge in [-0.25, -0.2) is 9.71 Å². The fraction of sp³-hybridized carbons (Fsp3) is 0.688. The summed E-state index contributed by atoms with van der Waals surface area (Å²) in [4.78, 5) is 28.1. The monoisotopic (exact) mass is 355 g/mol. The molecule has 134 valence electrons. The summed E-state index contributed by atoms with van der Waals surface area (Å²) in [6.07, 6.45) is 1.78. The van der Waals surface area contributed by atoms with Gasteiger partial charge in [-0.3, -0.25) is 9.59 Å². The standard InChI is InChI=1S/C16H25N3O4S/c1-9(2)14-17-13(8-19(14)6)24(22,23)18-15(21)12-7-11(10(3)20)16(12,4)5/h8-9,11-12H,7H2,1-6H3,(H,18,21)/t11-,12+/m0/s1. The van der Waals surface area contributed by atoms with Gasteiger partial charge in [0.15, 0.2) is 5.03 Å². The van der Waals surface area contributed by atoms with Crippen LogP contribution in [0.2, 0.25) is 0 Å². The number of hydrogen-bond donors (Lipinski definition) is 1. The second-order valence-corrected chi connectivity index (χ2v) is 9.07. The first-order valence-corrected chi connectivity index (χ1v) is 9.46. The van der Waals surface area contributed by atoms with E-state index >= 15 is 0 Å². The van der Waals surface area contributed by atoms with Gasteiger partial charge in [-0.05, 0) is 18.8 Å². The first kappa shape index (κ1) is 18.6. The lowest BCUT2D eigenvalue weighted by Crippen LogP contribution is -2.55. The number of aromatic nitrogens is 2. The highest BCUT2D eigenvalue weighted by molar-refractivity contribution is 7.90. The smallest absolute Gasteiger partial charge is 0.283 e. The molecule has 2 atom stereocenters. The van der Waals surface area contributed by atoms with Gasteiger partial charge < -0.3 is 4.57 Å². The molecular weight excluding hydrogens is 330 g/mol. The van der Waals surface area contributed by atoms with Crippen molar-refractivity contribution < 1.29 is 18.0 Å². The van der Waals surface area contributed by atoms with Crippen LogP contribution in [0.1, 0.15) is 52.8 Å². The number of ketones is 1. The molecule has 1 fully saturated rings. The quantitative estimate of drug-likeness (QED) is 0.865. The molecule has 1 aromatic rings. The summed E-state index contributed by atoms with van der Waals surface area (Å²) in [6, 6.07) is 0. The summed E-state index contributed by atoms with van der Waals surface area (Å²) in [5.74, 6) is -0.569. The van der Waals surface area contributed by atoms with E-state index < -0.39 is 27.3 Å². The highest BCUT2D eigenvalue weighted by Gasteiger charge is 2.54. The summed E-state index contributed by atoms with van der Waals surface area (Å²) in [5.41, 5.74) is -0.543. The molecule has 1 heterocycles. The molecule has 1 N–H and O–H groups in total. The Kier molecular flexibility index (Phi) is 4.65. The number of carbonyl (C=O) groups is 2. The van der Waals surface area contributed by atoms with Crippen LogP contribution in [0.25, 0.3) is 0 Å². The molecular formula is C16H25N3O4S. The largest absolute Gasteiger partial charge is 0.336 e. The summed E-state index contributed by atoms with van der Waals surface area (Å²) in [7, 11) is -2.30. The van der Waals surface area contributed by atoms with E-state index in [1.165, 1.54) is 13.1 Å². The van der Waals surface area contributed by atoms with Crippen LogP contribution in [0, 0.1) is 17.3 Å². The average molecular weight is 355 g/mol. The maximum Gasteiger partial charge on any atom is 0.283 e. The first-order chi connectivity index (χ1) is 10.9. The van der Waals surface area contributed by atoms with E-state index in [1.807, 2.05) is 27.7 Å². The summed E-state index contributed by atoms with van der Waals surface area (Å²) in [5, 5.41) is -0.165. The van der Waals surface area contributed by atoms with E-state index in [1.54, 1.807) is 11.6 Å². The van der Waals surface area contributed by atoms with Crippen LogP contribution in [0.15, 0.2) is 11.2 Å². The van der Waals surface area contributed by atoms with Gasteiger partial charge in [0.2, 0.25) is 5.91 Å². The van der Waals surface area contributed by atoms with Crippen molar-refractivity contribution in [3.8, 4) is 0 Å². The van der Waals surface area contributed by atoms with E-state index in [0.29, 0.717) is 12.2 Å². The molecule has 2 rings (SSSR count). The third kappa shape index (κ3) is 3.11. The van der Waals surface area contributed by atoms with Crippen molar-refractivity contribution in [2.45, 2.75) is 52.0 Å². The SMILES string of the molecule is CC(=O)[C@@H]1C[C@H](C(=O)NS(=O)(=O)c2cn(C)c(C(C)C)n2)C1(C)C. The molecule has 1 amide bonds. The van der Waals surface area contributed by atoms with Crippen LogP contribution in [0.4, 0.5) is 0 Å². The lowest BCUT2D eigenvalue weighted by atomic mass is 9.53. The Labute approximate surface area is 142 Å². The van der Waals surface area contributed by atoms with Crippen molar-refractivity contribution in [3.63, 3.8) is 0 Å². The lowest BCUT2D eigenvalue weighted by Gasteiger charge is -2.49. The maximum atomic E-state index is 12.4. The zero-order valence-corrected chi connectivity index (χ0v) is 15.8. The third-order valence-electron chi connectivity index (χ3n) is 4.99. The average Bonchev–Trinajstić information content (AvgIpc) is 2.79. The molecule has 0 radical (unpaired) electrons. The van der Waals surface area contributed by atoms with Gasteiger partial charge in [-0.15, -0.1) is 0 Å². The summed E-state index contributed by atoms with van der Waals surface area (Å²) < 4.78 is 28.6. The number of nitrogens with zero attached hydrogens (tertiary/aromatic N) is 2. The van der Waals surface area contributed by atoms with Crippen molar-refractivity contribution in [2.75, 3.05) is 0 Å². The van der Waals surface area contributed by atoms with E-state index in [9.17, 15) is 18.0 Å². The normalized spacial score (nSPS) is 23.0. The number of hydrogen-bond acceptors (Lipinski definition) is 5. The Morgan fingerprint density at radius 2 is 1.92 bits per heavy atom. The van der Waals surface area contributed by atoms with E-state index in [2.05, 4.69) is 9.71 Å². The third-order valence-corrected chi connectivity index (χ3v) is 6.21. The van der Waals surface area contributed by atoms with Crippen LogP contribution < -0.4 is 4.72 Å². The number of nitrogens with one attached hydrogen (secondary N) is 1. The minimum absolute atomic E-state index is 0.0261. The zero-order valence-electron chi connectivity index (χ0n) is 15.0. The number of amides is 1. The Balaban J connectivity index is 2.17. The fourth-order valence-electron chi connectivity index (χ4n) is 3.43. The van der Waals surface area contributed by atoms with Crippen LogP contribution in [-0.2, 0) is 26.7 Å². The van der Waals surface area contributed by atoms with Gasteiger partial charge >= 0.3 is 0 Å². The number of carbonyl (C=O) groups excluding carboxylic acids is 2. The molecule has 8 heteroatoms. The first-order valence-electron chi connectivity index (χ1n) is 7.98. The molecule has 0 aliphatic heterocycles. The van der Waals surface area contributed by atoms with Gasteiger partial charge in [0.05, 0.1) is 0 Å². The number of sulfonamides is 1. The second-order valence-electron chi connectivity index (χ2n) is 7.45. The highest BCUT2D eigenvalue weighted by atomic mass is 32.2. The maximum absolute atomic E-state index is 12.4. The Hall–Kier alpha value is -1.70. The lowest BCUT2D eigenvalue weighted by molar-refractivity contribution is -0.147. The molecule has 0 aromatic carbocycles.